The number of anilines is 1. The summed E-state index contributed by atoms with van der Waals surface area (Å²) in [6.07, 6.45) is -0.207. The van der Waals surface area contributed by atoms with Crippen molar-refractivity contribution in [2.75, 3.05) is 44.8 Å². The zero-order valence-corrected chi connectivity index (χ0v) is 27.7. The molecule has 10 nitrogen and oxygen atoms in total. The Morgan fingerprint density at radius 2 is 1.73 bits per heavy atom. The summed E-state index contributed by atoms with van der Waals surface area (Å²) in [6, 6.07) is 7.93. The van der Waals surface area contributed by atoms with Crippen LogP contribution in [-0.4, -0.2) is 94.3 Å². The smallest absolute Gasteiger partial charge is 0.253 e. The molecule has 0 aliphatic carbocycles. The number of nitrogens with zero attached hydrogens (tertiary/aromatic N) is 4. The van der Waals surface area contributed by atoms with Gasteiger partial charge in [0.1, 0.15) is 28.2 Å². The van der Waals surface area contributed by atoms with Gasteiger partial charge in [0, 0.05) is 24.4 Å². The van der Waals surface area contributed by atoms with Gasteiger partial charge in [0.05, 0.1) is 55.3 Å². The van der Waals surface area contributed by atoms with Gasteiger partial charge in [-0.05, 0) is 52.7 Å². The summed E-state index contributed by atoms with van der Waals surface area (Å²) in [6.45, 7) is 4.43. The van der Waals surface area contributed by atoms with Crippen molar-refractivity contribution in [3.05, 3.63) is 74.6 Å². The Balaban J connectivity index is 0.000000440. The summed E-state index contributed by atoms with van der Waals surface area (Å²) in [7, 11) is 1.54. The van der Waals surface area contributed by atoms with E-state index < -0.39 is 41.8 Å². The molecule has 0 radical (unpaired) electrons. The first-order chi connectivity index (χ1) is 21.3. The molecule has 0 unspecified atom stereocenters. The van der Waals surface area contributed by atoms with Gasteiger partial charge in [-0.15, -0.1) is 0 Å². The monoisotopic (exact) mass is 732 g/mol. The Hall–Kier alpha value is -2.81. The quantitative estimate of drug-likeness (QED) is 0.288. The Kier molecular flexibility index (Phi) is 11.5. The van der Waals surface area contributed by atoms with Gasteiger partial charge in [-0.25, -0.2) is 18.7 Å². The maximum absolute atomic E-state index is 13.3. The first-order valence-corrected chi connectivity index (χ1v) is 15.4. The number of methoxy groups -OCH3 is 1. The topological polar surface area (TPSA) is 128 Å². The number of hydrogen-bond acceptors (Lipinski definition) is 9. The van der Waals surface area contributed by atoms with E-state index >= 15 is 0 Å². The van der Waals surface area contributed by atoms with Crippen LogP contribution in [-0.2, 0) is 4.79 Å². The Labute approximate surface area is 277 Å². The second-order valence-corrected chi connectivity index (χ2v) is 12.7. The molecule has 5 rings (SSSR count). The number of carbonyl (C=O) groups excluding carboxylic acids is 1. The van der Waals surface area contributed by atoms with Crippen LogP contribution in [0.3, 0.4) is 0 Å². The van der Waals surface area contributed by atoms with Crippen LogP contribution in [0.1, 0.15) is 25.3 Å². The SMILES string of the molecule is COc1ccc([C@@H]2CN(C(=O)[C@@H](O)CO)C[C@@]2(C)[C@@H](C)O)cc1OC1CN(c2ncc(F)cc2Cl)C1.Fc1cnc(Br)c(Cl)c1. The van der Waals surface area contributed by atoms with Crippen LogP contribution in [0.4, 0.5) is 14.6 Å². The number of hydrogen-bond donors (Lipinski definition) is 3. The van der Waals surface area contributed by atoms with Crippen molar-refractivity contribution in [1.82, 2.24) is 14.9 Å². The second-order valence-electron chi connectivity index (χ2n) is 11.1. The van der Waals surface area contributed by atoms with Crippen LogP contribution in [0.25, 0.3) is 0 Å². The molecular formula is C30H33BrCl2F2N4O6. The lowest BCUT2D eigenvalue weighted by Crippen LogP contribution is -2.54. The molecule has 2 aliphatic rings. The van der Waals surface area contributed by atoms with Crippen LogP contribution in [0.5, 0.6) is 11.5 Å². The van der Waals surface area contributed by atoms with Gasteiger partial charge in [0.15, 0.2) is 17.6 Å². The number of benzene rings is 1. The zero-order valence-electron chi connectivity index (χ0n) is 24.6. The van der Waals surface area contributed by atoms with Crippen molar-refractivity contribution in [2.24, 2.45) is 5.41 Å². The van der Waals surface area contributed by atoms with Crippen molar-refractivity contribution in [1.29, 1.82) is 0 Å². The van der Waals surface area contributed by atoms with Gasteiger partial charge in [0.25, 0.3) is 5.91 Å². The molecule has 2 aliphatic heterocycles. The molecule has 0 spiro atoms. The minimum absolute atomic E-state index is 0.179. The van der Waals surface area contributed by atoms with Gasteiger partial charge >= 0.3 is 0 Å². The van der Waals surface area contributed by atoms with E-state index in [4.69, 9.17) is 32.7 Å². The Morgan fingerprint density at radius 3 is 2.29 bits per heavy atom. The number of amides is 1. The average molecular weight is 734 g/mol. The predicted octanol–water partition coefficient (Wildman–Crippen LogP) is 4.45. The van der Waals surface area contributed by atoms with Crippen LogP contribution in [0.15, 0.2) is 47.3 Å². The maximum Gasteiger partial charge on any atom is 0.253 e. The third-order valence-electron chi connectivity index (χ3n) is 8.04. The number of pyridine rings is 2. The zero-order chi connectivity index (χ0) is 33.1. The number of likely N-dealkylation sites (tertiary alicyclic amines) is 1. The third-order valence-corrected chi connectivity index (χ3v) is 9.46. The summed E-state index contributed by atoms with van der Waals surface area (Å²) < 4.78 is 37.7. The number of ether oxygens (including phenoxy) is 2. The lowest BCUT2D eigenvalue weighted by molar-refractivity contribution is -0.141. The van der Waals surface area contributed by atoms with E-state index in [1.165, 1.54) is 17.0 Å². The van der Waals surface area contributed by atoms with Crippen molar-refractivity contribution in [3.63, 3.8) is 0 Å². The number of aliphatic hydroxyl groups excluding tert-OH is 3. The summed E-state index contributed by atoms with van der Waals surface area (Å²) in [5.41, 5.74) is 0.164. The van der Waals surface area contributed by atoms with Gasteiger partial charge < -0.3 is 34.6 Å². The highest BCUT2D eigenvalue weighted by atomic mass is 79.9. The summed E-state index contributed by atoms with van der Waals surface area (Å²) in [5, 5.41) is 30.2. The Morgan fingerprint density at radius 1 is 1.09 bits per heavy atom. The molecule has 2 saturated heterocycles. The highest BCUT2D eigenvalue weighted by Crippen LogP contribution is 2.47. The van der Waals surface area contributed by atoms with E-state index in [1.807, 2.05) is 24.0 Å². The molecule has 244 valence electrons. The standard InChI is InChI=1S/C25H31ClFN3O6.C5H2BrClFN/c1-14(32)25(2)13-30(24(34)20(33)12-31)11-18(25)15-4-5-21(35-3)22(6-15)36-17-9-29(10-17)23-19(26)7-16(27)8-28-23;6-5-4(7)1-3(8)2-9-5/h4-8,14,17-18,20,31-33H,9-13H2,1-3H3;1-2H/t14-,18+,20+,25+;/m1./s1. The third kappa shape index (κ3) is 7.95. The normalized spacial score (nSPS) is 21.0. The summed E-state index contributed by atoms with van der Waals surface area (Å²) >= 11 is 14.6. The maximum atomic E-state index is 13.3. The van der Waals surface area contributed by atoms with Crippen molar-refractivity contribution in [3.8, 4) is 11.5 Å². The number of carbonyl (C=O) groups is 1. The lowest BCUT2D eigenvalue weighted by Gasteiger charge is -2.40. The highest BCUT2D eigenvalue weighted by molar-refractivity contribution is 9.10. The van der Waals surface area contributed by atoms with Gasteiger partial charge in [-0.1, -0.05) is 36.2 Å². The molecule has 1 aromatic carbocycles. The first-order valence-electron chi connectivity index (χ1n) is 13.9. The molecule has 15 heteroatoms. The van der Waals surface area contributed by atoms with Crippen molar-refractivity contribution in [2.45, 2.75) is 38.1 Å². The van der Waals surface area contributed by atoms with E-state index in [0.29, 0.717) is 35.0 Å². The van der Waals surface area contributed by atoms with Crippen LogP contribution in [0, 0.1) is 17.0 Å². The molecule has 2 fully saturated rings. The predicted molar refractivity (Wildman–Crippen MR) is 168 cm³/mol. The van der Waals surface area contributed by atoms with E-state index in [2.05, 4.69) is 25.9 Å². The van der Waals surface area contributed by atoms with Crippen LogP contribution < -0.4 is 14.4 Å². The number of rotatable bonds is 8. The van der Waals surface area contributed by atoms with E-state index in [1.54, 1.807) is 20.1 Å². The van der Waals surface area contributed by atoms with E-state index in [9.17, 15) is 28.9 Å². The fourth-order valence-corrected chi connectivity index (χ4v) is 5.93. The molecular weight excluding hydrogens is 701 g/mol. The van der Waals surface area contributed by atoms with Crippen molar-refractivity contribution < 1.29 is 38.4 Å². The summed E-state index contributed by atoms with van der Waals surface area (Å²) in [5.74, 6) is -0.196. The molecule has 0 bridgehead atoms. The van der Waals surface area contributed by atoms with E-state index in [-0.39, 0.29) is 35.2 Å². The fraction of sp³-hybridized carbons (Fsp3) is 0.433. The molecule has 3 N–H and O–H groups in total. The minimum Gasteiger partial charge on any atom is -0.493 e. The molecule has 45 heavy (non-hydrogen) atoms. The molecule has 4 atom stereocenters. The van der Waals surface area contributed by atoms with Gasteiger partial charge in [-0.2, -0.15) is 0 Å². The second kappa shape index (κ2) is 14.7. The van der Waals surface area contributed by atoms with Gasteiger partial charge in [0.2, 0.25) is 0 Å². The average Bonchev–Trinajstić information content (AvgIpc) is 3.35. The minimum atomic E-state index is -1.50. The molecule has 3 aromatic rings. The fourth-order valence-electron chi connectivity index (χ4n) is 5.29. The van der Waals surface area contributed by atoms with E-state index in [0.717, 1.165) is 18.0 Å². The first kappa shape index (κ1) is 35.1. The van der Waals surface area contributed by atoms with Crippen LogP contribution in [0.2, 0.25) is 10.0 Å². The Bertz CT molecular complexity index is 1520. The number of aromatic nitrogens is 2. The summed E-state index contributed by atoms with van der Waals surface area (Å²) in [4.78, 5) is 23.6. The van der Waals surface area contributed by atoms with Crippen LogP contribution >= 0.6 is 39.1 Å². The number of halogens is 5. The lowest BCUT2D eigenvalue weighted by atomic mass is 9.72. The number of aliphatic hydroxyl groups is 3. The highest BCUT2D eigenvalue weighted by Gasteiger charge is 2.49. The molecule has 2 aromatic heterocycles. The molecule has 0 saturated carbocycles. The molecule has 1 amide bonds. The largest absolute Gasteiger partial charge is 0.493 e. The van der Waals surface area contributed by atoms with Gasteiger partial charge in [-0.3, -0.25) is 4.79 Å². The molecule has 4 heterocycles. The van der Waals surface area contributed by atoms with Crippen molar-refractivity contribution >= 4 is 50.9 Å².